The zero-order valence-corrected chi connectivity index (χ0v) is 13.1. The minimum atomic E-state index is 0.591. The first-order valence-electron chi connectivity index (χ1n) is 6.75. The smallest absolute Gasteiger partial charge is 0.120 e. The summed E-state index contributed by atoms with van der Waals surface area (Å²) >= 11 is 12.2. The molecule has 0 N–H and O–H groups in total. The van der Waals surface area contributed by atoms with E-state index in [-0.39, 0.29) is 0 Å². The number of halogens is 2. The largest absolute Gasteiger partial charge is 0.494 e. The van der Waals surface area contributed by atoms with Gasteiger partial charge in [0.25, 0.3) is 0 Å². The standard InChI is InChI=1S/C17H14Cl2NO/c1-2-21-15-7-8-16-13(9-15)10-17(19)20(16)11-12-3-5-14(18)6-4-12/h3-9H,2,11H2,1H3. The van der Waals surface area contributed by atoms with Crippen molar-refractivity contribution in [1.82, 2.24) is 4.57 Å². The molecule has 0 aliphatic heterocycles. The van der Waals surface area contributed by atoms with Crippen LogP contribution in [0, 0.1) is 6.07 Å². The second-order valence-electron chi connectivity index (χ2n) is 4.74. The summed E-state index contributed by atoms with van der Waals surface area (Å²) in [4.78, 5) is 0. The van der Waals surface area contributed by atoms with Crippen LogP contribution in [0.1, 0.15) is 12.5 Å². The lowest BCUT2D eigenvalue weighted by Crippen LogP contribution is -1.99. The van der Waals surface area contributed by atoms with E-state index in [0.29, 0.717) is 18.3 Å². The lowest BCUT2D eigenvalue weighted by atomic mass is 10.2. The van der Waals surface area contributed by atoms with Crippen LogP contribution in [0.15, 0.2) is 42.5 Å². The van der Waals surface area contributed by atoms with Crippen molar-refractivity contribution < 1.29 is 4.74 Å². The Morgan fingerprint density at radius 2 is 1.86 bits per heavy atom. The van der Waals surface area contributed by atoms with Gasteiger partial charge in [0, 0.05) is 23.0 Å². The Bertz CT molecular complexity index is 762. The highest BCUT2D eigenvalue weighted by Gasteiger charge is 2.09. The van der Waals surface area contributed by atoms with E-state index >= 15 is 0 Å². The Hall–Kier alpha value is -1.64. The Balaban J connectivity index is 1.98. The van der Waals surface area contributed by atoms with Gasteiger partial charge in [0.15, 0.2) is 0 Å². The maximum Gasteiger partial charge on any atom is 0.120 e. The molecule has 1 radical (unpaired) electrons. The van der Waals surface area contributed by atoms with Gasteiger partial charge < -0.3 is 9.30 Å². The highest BCUT2D eigenvalue weighted by Crippen LogP contribution is 2.27. The van der Waals surface area contributed by atoms with Gasteiger partial charge in [-0.3, -0.25) is 0 Å². The van der Waals surface area contributed by atoms with Crippen LogP contribution in [0.2, 0.25) is 10.2 Å². The van der Waals surface area contributed by atoms with Gasteiger partial charge in [-0.1, -0.05) is 35.3 Å². The van der Waals surface area contributed by atoms with E-state index in [9.17, 15) is 0 Å². The molecule has 1 aromatic heterocycles. The molecule has 1 heterocycles. The van der Waals surface area contributed by atoms with Crippen molar-refractivity contribution in [2.24, 2.45) is 0 Å². The molecule has 2 nitrogen and oxygen atoms in total. The number of aromatic nitrogens is 1. The third-order valence-electron chi connectivity index (χ3n) is 3.30. The van der Waals surface area contributed by atoms with Crippen molar-refractivity contribution >= 4 is 34.1 Å². The maximum absolute atomic E-state index is 6.32. The molecule has 3 aromatic rings. The molecule has 0 atom stereocenters. The van der Waals surface area contributed by atoms with Crippen LogP contribution in [0.4, 0.5) is 0 Å². The number of benzene rings is 2. The summed E-state index contributed by atoms with van der Waals surface area (Å²) in [5.74, 6) is 0.835. The van der Waals surface area contributed by atoms with E-state index < -0.39 is 0 Å². The Morgan fingerprint density at radius 1 is 1.10 bits per heavy atom. The molecule has 0 bridgehead atoms. The topological polar surface area (TPSA) is 14.2 Å². The SMILES string of the molecule is CCOc1ccc2c([c]c(Cl)n2Cc2ccc(Cl)cc2)c1. The molecule has 0 amide bonds. The summed E-state index contributed by atoms with van der Waals surface area (Å²) in [5, 5.41) is 2.28. The molecule has 21 heavy (non-hydrogen) atoms. The number of hydrogen-bond acceptors (Lipinski definition) is 1. The Kier molecular flexibility index (Phi) is 4.09. The van der Waals surface area contributed by atoms with Gasteiger partial charge in [0.2, 0.25) is 0 Å². The minimum absolute atomic E-state index is 0.591. The van der Waals surface area contributed by atoms with Gasteiger partial charge in [-0.05, 0) is 42.8 Å². The summed E-state index contributed by atoms with van der Waals surface area (Å²) in [6.07, 6.45) is 0. The van der Waals surface area contributed by atoms with Gasteiger partial charge in [0.05, 0.1) is 12.1 Å². The van der Waals surface area contributed by atoms with E-state index in [4.69, 9.17) is 27.9 Å². The summed E-state index contributed by atoms with van der Waals surface area (Å²) in [6, 6.07) is 16.9. The van der Waals surface area contributed by atoms with E-state index in [0.717, 1.165) is 27.2 Å². The predicted molar refractivity (Wildman–Crippen MR) is 87.5 cm³/mol. The Morgan fingerprint density at radius 3 is 2.57 bits per heavy atom. The number of hydrogen-bond donors (Lipinski definition) is 0. The number of ether oxygens (including phenoxy) is 1. The van der Waals surface area contributed by atoms with Crippen LogP contribution in [-0.2, 0) is 6.54 Å². The van der Waals surface area contributed by atoms with Crippen molar-refractivity contribution in [2.75, 3.05) is 6.61 Å². The average Bonchev–Trinajstić information content (AvgIpc) is 2.77. The van der Waals surface area contributed by atoms with Crippen molar-refractivity contribution in [3.63, 3.8) is 0 Å². The molecule has 0 unspecified atom stereocenters. The van der Waals surface area contributed by atoms with Crippen LogP contribution in [0.5, 0.6) is 5.75 Å². The predicted octanol–water partition coefficient (Wildman–Crippen LogP) is 5.20. The molecule has 0 saturated carbocycles. The van der Waals surface area contributed by atoms with Crippen LogP contribution >= 0.6 is 23.2 Å². The quantitative estimate of drug-likeness (QED) is 0.645. The zero-order valence-electron chi connectivity index (χ0n) is 11.6. The third-order valence-corrected chi connectivity index (χ3v) is 3.85. The lowest BCUT2D eigenvalue weighted by molar-refractivity contribution is 0.340. The first-order chi connectivity index (χ1) is 10.2. The van der Waals surface area contributed by atoms with Crippen LogP contribution in [-0.4, -0.2) is 11.2 Å². The first-order valence-corrected chi connectivity index (χ1v) is 7.51. The molecule has 0 fully saturated rings. The number of fused-ring (bicyclic) bond motifs is 1. The van der Waals surface area contributed by atoms with E-state index in [1.807, 2.05) is 54.0 Å². The van der Waals surface area contributed by atoms with E-state index in [2.05, 4.69) is 6.07 Å². The third kappa shape index (κ3) is 3.02. The summed E-state index contributed by atoms with van der Waals surface area (Å²) in [7, 11) is 0. The molecule has 107 valence electrons. The van der Waals surface area contributed by atoms with Gasteiger partial charge in [-0.2, -0.15) is 0 Å². The number of rotatable bonds is 4. The minimum Gasteiger partial charge on any atom is -0.494 e. The molecular weight excluding hydrogens is 305 g/mol. The van der Waals surface area contributed by atoms with Crippen molar-refractivity contribution in [1.29, 1.82) is 0 Å². The zero-order chi connectivity index (χ0) is 14.8. The molecule has 0 spiro atoms. The molecular formula is C17H14Cl2NO. The van der Waals surface area contributed by atoms with Crippen molar-refractivity contribution in [3.05, 3.63) is 64.3 Å². The fourth-order valence-corrected chi connectivity index (χ4v) is 2.70. The maximum atomic E-state index is 6.32. The van der Waals surface area contributed by atoms with Crippen molar-refractivity contribution in [3.8, 4) is 5.75 Å². The van der Waals surface area contributed by atoms with Gasteiger partial charge in [-0.15, -0.1) is 0 Å². The van der Waals surface area contributed by atoms with Gasteiger partial charge in [0.1, 0.15) is 10.9 Å². The lowest BCUT2D eigenvalue weighted by Gasteiger charge is -2.08. The van der Waals surface area contributed by atoms with Crippen LogP contribution < -0.4 is 4.74 Å². The highest BCUT2D eigenvalue weighted by atomic mass is 35.5. The fourth-order valence-electron chi connectivity index (χ4n) is 2.32. The second kappa shape index (κ2) is 6.00. The second-order valence-corrected chi connectivity index (χ2v) is 5.53. The molecule has 4 heteroatoms. The molecule has 0 aliphatic rings. The van der Waals surface area contributed by atoms with Gasteiger partial charge >= 0.3 is 0 Å². The monoisotopic (exact) mass is 318 g/mol. The van der Waals surface area contributed by atoms with E-state index in [1.165, 1.54) is 0 Å². The first kappa shape index (κ1) is 14.3. The molecule has 0 aliphatic carbocycles. The number of nitrogens with zero attached hydrogens (tertiary/aromatic N) is 1. The summed E-state index contributed by atoms with van der Waals surface area (Å²) < 4.78 is 7.53. The van der Waals surface area contributed by atoms with Crippen molar-refractivity contribution in [2.45, 2.75) is 13.5 Å². The summed E-state index contributed by atoms with van der Waals surface area (Å²) in [5.41, 5.74) is 2.18. The normalized spacial score (nSPS) is 11.0. The molecule has 0 saturated heterocycles. The van der Waals surface area contributed by atoms with E-state index in [1.54, 1.807) is 0 Å². The van der Waals surface area contributed by atoms with Gasteiger partial charge in [-0.25, -0.2) is 0 Å². The average molecular weight is 319 g/mol. The van der Waals surface area contributed by atoms with Crippen LogP contribution in [0.3, 0.4) is 0 Å². The fraction of sp³-hybridized carbons (Fsp3) is 0.176. The molecule has 3 rings (SSSR count). The summed E-state index contributed by atoms with van der Waals surface area (Å²) in [6.45, 7) is 3.29. The van der Waals surface area contributed by atoms with Crippen LogP contribution in [0.25, 0.3) is 10.9 Å². The highest BCUT2D eigenvalue weighted by molar-refractivity contribution is 6.31. The Labute approximate surface area is 133 Å². The molecule has 2 aromatic carbocycles.